The molecule has 0 radical (unpaired) electrons. The highest BCUT2D eigenvalue weighted by molar-refractivity contribution is 7.88. The lowest BCUT2D eigenvalue weighted by Crippen LogP contribution is -2.49. The van der Waals surface area contributed by atoms with Crippen molar-refractivity contribution in [1.82, 2.24) is 9.21 Å². The summed E-state index contributed by atoms with van der Waals surface area (Å²) in [6, 6.07) is 7.87. The number of benzene rings is 1. The van der Waals surface area contributed by atoms with Crippen molar-refractivity contribution in [1.29, 1.82) is 0 Å². The van der Waals surface area contributed by atoms with Crippen LogP contribution in [-0.2, 0) is 19.6 Å². The van der Waals surface area contributed by atoms with Gasteiger partial charge in [0.1, 0.15) is 5.75 Å². The fraction of sp³-hybridized carbons (Fsp3) is 0.611. The summed E-state index contributed by atoms with van der Waals surface area (Å²) >= 11 is 0. The third-order valence-electron chi connectivity index (χ3n) is 4.66. The van der Waals surface area contributed by atoms with Crippen LogP contribution in [0.1, 0.15) is 6.42 Å². The van der Waals surface area contributed by atoms with Crippen LogP contribution in [0, 0.1) is 0 Å². The van der Waals surface area contributed by atoms with E-state index in [1.54, 1.807) is 12.0 Å². The second-order valence-corrected chi connectivity index (χ2v) is 8.45. The molecule has 1 heterocycles. The smallest absolute Gasteiger partial charge is 0.224 e. The van der Waals surface area contributed by atoms with Crippen LogP contribution in [0.3, 0.4) is 0 Å². The van der Waals surface area contributed by atoms with E-state index in [-0.39, 0.29) is 25.4 Å². The minimum absolute atomic E-state index is 0.0181. The molecule has 1 aromatic carbocycles. The Morgan fingerprint density at radius 3 is 2.22 bits per heavy atom. The molecule has 2 rings (SSSR count). The minimum Gasteiger partial charge on any atom is -0.497 e. The van der Waals surface area contributed by atoms with E-state index in [0.29, 0.717) is 19.7 Å². The van der Waals surface area contributed by atoms with E-state index in [4.69, 9.17) is 9.47 Å². The van der Waals surface area contributed by atoms with E-state index in [9.17, 15) is 13.2 Å². The standard InChI is InChI=1S/C18H29N3O5S/c1-25-15-14-21(27(3,23)24)9-8-18(22)20-12-10-19(11-13-20)16-4-6-17(26-2)7-5-16/h4-7H,8-15H2,1-3H3. The van der Waals surface area contributed by atoms with E-state index in [0.717, 1.165) is 30.8 Å². The van der Waals surface area contributed by atoms with Crippen LogP contribution in [-0.4, -0.2) is 89.9 Å². The molecule has 0 atom stereocenters. The molecule has 0 aromatic heterocycles. The molecule has 0 bridgehead atoms. The quantitative estimate of drug-likeness (QED) is 0.606. The van der Waals surface area contributed by atoms with Crippen molar-refractivity contribution in [3.05, 3.63) is 24.3 Å². The monoisotopic (exact) mass is 399 g/mol. The highest BCUT2D eigenvalue weighted by Gasteiger charge is 2.23. The third-order valence-corrected chi connectivity index (χ3v) is 5.96. The number of anilines is 1. The predicted molar refractivity (Wildman–Crippen MR) is 105 cm³/mol. The maximum absolute atomic E-state index is 12.5. The molecular formula is C18H29N3O5S. The average molecular weight is 400 g/mol. The average Bonchev–Trinajstić information content (AvgIpc) is 2.67. The first-order valence-corrected chi connectivity index (χ1v) is 10.8. The number of piperazine rings is 1. The van der Waals surface area contributed by atoms with Crippen molar-refractivity contribution in [3.63, 3.8) is 0 Å². The Labute approximate surface area is 161 Å². The minimum atomic E-state index is -3.35. The van der Waals surface area contributed by atoms with Crippen LogP contribution in [0.25, 0.3) is 0 Å². The van der Waals surface area contributed by atoms with Gasteiger partial charge in [-0.05, 0) is 24.3 Å². The summed E-state index contributed by atoms with van der Waals surface area (Å²) in [4.78, 5) is 16.5. The van der Waals surface area contributed by atoms with Crippen molar-refractivity contribution in [3.8, 4) is 5.75 Å². The zero-order chi connectivity index (χ0) is 19.9. The van der Waals surface area contributed by atoms with E-state index in [2.05, 4.69) is 4.90 Å². The summed E-state index contributed by atoms with van der Waals surface area (Å²) in [5, 5.41) is 0. The largest absolute Gasteiger partial charge is 0.497 e. The molecule has 0 unspecified atom stereocenters. The molecule has 0 saturated carbocycles. The van der Waals surface area contributed by atoms with Gasteiger partial charge in [-0.25, -0.2) is 8.42 Å². The second kappa shape index (κ2) is 9.91. The van der Waals surface area contributed by atoms with Crippen molar-refractivity contribution in [2.24, 2.45) is 0 Å². The third kappa shape index (κ3) is 6.37. The molecule has 152 valence electrons. The van der Waals surface area contributed by atoms with Crippen LogP contribution < -0.4 is 9.64 Å². The van der Waals surface area contributed by atoms with Gasteiger partial charge < -0.3 is 19.3 Å². The Morgan fingerprint density at radius 2 is 1.70 bits per heavy atom. The van der Waals surface area contributed by atoms with Crippen molar-refractivity contribution in [2.45, 2.75) is 6.42 Å². The Hall–Kier alpha value is -1.84. The summed E-state index contributed by atoms with van der Waals surface area (Å²) in [6.07, 6.45) is 1.33. The highest BCUT2D eigenvalue weighted by atomic mass is 32.2. The van der Waals surface area contributed by atoms with E-state index < -0.39 is 10.0 Å². The summed E-state index contributed by atoms with van der Waals surface area (Å²) in [5.74, 6) is 0.798. The SMILES string of the molecule is COCCN(CCC(=O)N1CCN(c2ccc(OC)cc2)CC1)S(C)(=O)=O. The normalized spacial score (nSPS) is 15.3. The van der Waals surface area contributed by atoms with Gasteiger partial charge in [-0.1, -0.05) is 0 Å². The first-order valence-electron chi connectivity index (χ1n) is 8.96. The van der Waals surface area contributed by atoms with Crippen molar-refractivity contribution in [2.75, 3.05) is 71.3 Å². The maximum Gasteiger partial charge on any atom is 0.224 e. The molecule has 1 aliphatic rings. The van der Waals surface area contributed by atoms with Gasteiger partial charge in [-0.15, -0.1) is 0 Å². The molecular weight excluding hydrogens is 370 g/mol. The molecule has 1 aliphatic heterocycles. The Morgan fingerprint density at radius 1 is 1.07 bits per heavy atom. The van der Waals surface area contributed by atoms with E-state index in [1.165, 1.54) is 11.4 Å². The van der Waals surface area contributed by atoms with Crippen LogP contribution >= 0.6 is 0 Å². The maximum atomic E-state index is 12.5. The Balaban J connectivity index is 1.83. The molecule has 9 heteroatoms. The van der Waals surface area contributed by atoms with Gasteiger partial charge in [0, 0.05) is 58.5 Å². The van der Waals surface area contributed by atoms with Crippen LogP contribution in [0.4, 0.5) is 5.69 Å². The topological polar surface area (TPSA) is 79.4 Å². The zero-order valence-corrected chi connectivity index (χ0v) is 17.1. The van der Waals surface area contributed by atoms with Gasteiger partial charge in [0.15, 0.2) is 0 Å². The van der Waals surface area contributed by atoms with Gasteiger partial charge in [0.25, 0.3) is 0 Å². The van der Waals surface area contributed by atoms with Gasteiger partial charge in [0.2, 0.25) is 15.9 Å². The van der Waals surface area contributed by atoms with E-state index in [1.807, 2.05) is 24.3 Å². The molecule has 0 aliphatic carbocycles. The molecule has 27 heavy (non-hydrogen) atoms. The van der Waals surface area contributed by atoms with Crippen LogP contribution in [0.5, 0.6) is 5.75 Å². The zero-order valence-electron chi connectivity index (χ0n) is 16.3. The number of sulfonamides is 1. The molecule has 1 aromatic rings. The Kier molecular flexibility index (Phi) is 7.88. The van der Waals surface area contributed by atoms with Crippen molar-refractivity contribution >= 4 is 21.6 Å². The second-order valence-electron chi connectivity index (χ2n) is 6.47. The van der Waals surface area contributed by atoms with Gasteiger partial charge in [-0.3, -0.25) is 4.79 Å². The number of carbonyl (C=O) groups excluding carboxylic acids is 1. The number of hydrogen-bond acceptors (Lipinski definition) is 6. The number of rotatable bonds is 9. The highest BCUT2D eigenvalue weighted by Crippen LogP contribution is 2.20. The molecule has 1 fully saturated rings. The van der Waals surface area contributed by atoms with Crippen molar-refractivity contribution < 1.29 is 22.7 Å². The van der Waals surface area contributed by atoms with Gasteiger partial charge >= 0.3 is 0 Å². The number of amides is 1. The number of hydrogen-bond donors (Lipinski definition) is 0. The van der Waals surface area contributed by atoms with Gasteiger partial charge in [0.05, 0.1) is 20.0 Å². The van der Waals surface area contributed by atoms with E-state index >= 15 is 0 Å². The summed E-state index contributed by atoms with van der Waals surface area (Å²) in [5.41, 5.74) is 1.10. The lowest BCUT2D eigenvalue weighted by molar-refractivity contribution is -0.131. The lowest BCUT2D eigenvalue weighted by Gasteiger charge is -2.36. The summed E-state index contributed by atoms with van der Waals surface area (Å²) in [6.45, 7) is 3.49. The molecule has 0 spiro atoms. The summed E-state index contributed by atoms with van der Waals surface area (Å²) < 4.78 is 35.0. The fourth-order valence-electron chi connectivity index (χ4n) is 3.02. The number of nitrogens with zero attached hydrogens (tertiary/aromatic N) is 3. The number of ether oxygens (including phenoxy) is 2. The van der Waals surface area contributed by atoms with Crippen LogP contribution in [0.15, 0.2) is 24.3 Å². The first-order chi connectivity index (χ1) is 12.8. The fourth-order valence-corrected chi connectivity index (χ4v) is 3.85. The first kappa shape index (κ1) is 21.5. The molecule has 8 nitrogen and oxygen atoms in total. The molecule has 0 N–H and O–H groups in total. The molecule has 1 amide bonds. The number of carbonyl (C=O) groups is 1. The molecule has 1 saturated heterocycles. The predicted octanol–water partition coefficient (Wildman–Crippen LogP) is 0.642. The number of methoxy groups -OCH3 is 2. The Bertz CT molecular complexity index is 700. The lowest BCUT2D eigenvalue weighted by atomic mass is 10.2. The van der Waals surface area contributed by atoms with Gasteiger partial charge in [-0.2, -0.15) is 4.31 Å². The summed E-state index contributed by atoms with van der Waals surface area (Å²) in [7, 11) is -0.190. The van der Waals surface area contributed by atoms with Crippen LogP contribution in [0.2, 0.25) is 0 Å².